The van der Waals surface area contributed by atoms with Crippen molar-refractivity contribution in [3.8, 4) is 5.75 Å². The third-order valence-electron chi connectivity index (χ3n) is 4.04. The van der Waals surface area contributed by atoms with Gasteiger partial charge < -0.3 is 4.74 Å². The Hall–Kier alpha value is -3.22. The van der Waals surface area contributed by atoms with E-state index in [1.54, 1.807) is 37.3 Å². The van der Waals surface area contributed by atoms with Crippen LogP contribution in [0.4, 0.5) is 5.69 Å². The largest absolute Gasteiger partial charge is 0.494 e. The smallest absolute Gasteiger partial charge is 0.272 e. The summed E-state index contributed by atoms with van der Waals surface area (Å²) in [5.74, 6) is -0.0518. The molecule has 7 nitrogen and oxygen atoms in total. The van der Waals surface area contributed by atoms with E-state index in [2.05, 4.69) is 0 Å². The minimum absolute atomic E-state index is 0.0402. The van der Waals surface area contributed by atoms with E-state index in [-0.39, 0.29) is 24.0 Å². The maximum absolute atomic E-state index is 12.2. The lowest BCUT2D eigenvalue weighted by atomic mass is 10.1. The Labute approximate surface area is 144 Å². The van der Waals surface area contributed by atoms with Gasteiger partial charge in [0.2, 0.25) is 0 Å². The molecule has 0 atom stereocenters. The number of nitro groups is 1. The maximum atomic E-state index is 12.2. The fourth-order valence-corrected chi connectivity index (χ4v) is 2.78. The Bertz CT molecular complexity index is 827. The highest BCUT2D eigenvalue weighted by Gasteiger charge is 2.34. The molecule has 0 N–H and O–H groups in total. The minimum Gasteiger partial charge on any atom is -0.494 e. The second-order valence-corrected chi connectivity index (χ2v) is 5.71. The first-order valence-electron chi connectivity index (χ1n) is 7.82. The molecule has 0 radical (unpaired) electrons. The quantitative estimate of drug-likeness (QED) is 0.349. The van der Waals surface area contributed by atoms with Gasteiger partial charge in [0.15, 0.2) is 0 Å². The number of hydrogen-bond donors (Lipinski definition) is 0. The molecule has 0 saturated heterocycles. The lowest BCUT2D eigenvalue weighted by Crippen LogP contribution is -2.31. The van der Waals surface area contributed by atoms with Gasteiger partial charge in [-0.1, -0.05) is 12.1 Å². The Morgan fingerprint density at radius 3 is 2.28 bits per heavy atom. The number of carbonyl (C=O) groups excluding carboxylic acids is 2. The molecule has 25 heavy (non-hydrogen) atoms. The van der Waals surface area contributed by atoms with Gasteiger partial charge in [-0.05, 0) is 37.6 Å². The number of nitrogens with zero attached hydrogens (tertiary/aromatic N) is 2. The van der Waals surface area contributed by atoms with Gasteiger partial charge in [-0.25, -0.2) is 0 Å². The number of hydrogen-bond acceptors (Lipinski definition) is 5. The zero-order chi connectivity index (χ0) is 18.0. The van der Waals surface area contributed by atoms with Crippen molar-refractivity contribution in [2.75, 3.05) is 13.2 Å². The first kappa shape index (κ1) is 16.6. The monoisotopic (exact) mass is 340 g/mol. The summed E-state index contributed by atoms with van der Waals surface area (Å²) in [7, 11) is 0. The van der Waals surface area contributed by atoms with Crippen molar-refractivity contribution < 1.29 is 19.2 Å². The summed E-state index contributed by atoms with van der Waals surface area (Å²) < 4.78 is 5.56. The van der Waals surface area contributed by atoms with Gasteiger partial charge in [0.1, 0.15) is 5.75 Å². The van der Waals surface area contributed by atoms with E-state index in [9.17, 15) is 19.7 Å². The van der Waals surface area contributed by atoms with Crippen LogP contribution in [0, 0.1) is 17.0 Å². The van der Waals surface area contributed by atoms with Crippen molar-refractivity contribution in [2.24, 2.45) is 0 Å². The third kappa shape index (κ3) is 3.21. The number of imide groups is 1. The average molecular weight is 340 g/mol. The van der Waals surface area contributed by atoms with Gasteiger partial charge in [-0.15, -0.1) is 0 Å². The van der Waals surface area contributed by atoms with Crippen LogP contribution in [0.2, 0.25) is 0 Å². The summed E-state index contributed by atoms with van der Waals surface area (Å²) in [6, 6.07) is 11.3. The van der Waals surface area contributed by atoms with E-state index >= 15 is 0 Å². The average Bonchev–Trinajstić information content (AvgIpc) is 2.83. The van der Waals surface area contributed by atoms with Crippen LogP contribution in [0.1, 0.15) is 32.7 Å². The van der Waals surface area contributed by atoms with Crippen molar-refractivity contribution in [3.05, 3.63) is 69.3 Å². The second kappa shape index (κ2) is 6.72. The minimum atomic E-state index is -0.443. The molecule has 1 aliphatic rings. The molecule has 7 heteroatoms. The highest BCUT2D eigenvalue weighted by Crippen LogP contribution is 2.24. The van der Waals surface area contributed by atoms with E-state index < -0.39 is 4.92 Å². The van der Waals surface area contributed by atoms with E-state index in [0.717, 1.165) is 0 Å². The molecule has 0 saturated carbocycles. The van der Waals surface area contributed by atoms with Crippen molar-refractivity contribution in [2.45, 2.75) is 13.3 Å². The highest BCUT2D eigenvalue weighted by atomic mass is 16.6. The van der Waals surface area contributed by atoms with Crippen LogP contribution >= 0.6 is 0 Å². The predicted molar refractivity (Wildman–Crippen MR) is 89.8 cm³/mol. The lowest BCUT2D eigenvalue weighted by Gasteiger charge is -2.14. The SMILES string of the molecule is Cc1cc(OCCCN2C(=O)c3ccccc3C2=O)ccc1[N+](=O)[O-]. The van der Waals surface area contributed by atoms with Gasteiger partial charge in [0.25, 0.3) is 17.5 Å². The first-order chi connectivity index (χ1) is 12.0. The Balaban J connectivity index is 1.54. The van der Waals surface area contributed by atoms with Crippen LogP contribution in [-0.4, -0.2) is 34.8 Å². The normalized spacial score (nSPS) is 13.1. The molecular weight excluding hydrogens is 324 g/mol. The number of rotatable bonds is 6. The molecule has 0 aromatic heterocycles. The first-order valence-corrected chi connectivity index (χ1v) is 7.82. The number of benzene rings is 2. The van der Waals surface area contributed by atoms with Gasteiger partial charge in [-0.2, -0.15) is 0 Å². The fraction of sp³-hybridized carbons (Fsp3) is 0.222. The van der Waals surface area contributed by atoms with Crippen LogP contribution in [-0.2, 0) is 0 Å². The molecule has 0 unspecified atom stereocenters. The number of aryl methyl sites for hydroxylation is 1. The molecule has 1 heterocycles. The summed E-state index contributed by atoms with van der Waals surface area (Å²) in [4.78, 5) is 36.0. The summed E-state index contributed by atoms with van der Waals surface area (Å²) in [6.45, 7) is 2.20. The molecule has 0 fully saturated rings. The molecule has 0 spiro atoms. The Kier molecular flexibility index (Phi) is 4.47. The molecular formula is C18H16N2O5. The van der Waals surface area contributed by atoms with Crippen LogP contribution in [0.15, 0.2) is 42.5 Å². The maximum Gasteiger partial charge on any atom is 0.272 e. The summed E-state index contributed by atoms with van der Waals surface area (Å²) in [6.07, 6.45) is 0.474. The number of amides is 2. The van der Waals surface area contributed by atoms with E-state index in [0.29, 0.717) is 35.5 Å². The zero-order valence-electron chi connectivity index (χ0n) is 13.6. The number of carbonyl (C=O) groups is 2. The summed E-state index contributed by atoms with van der Waals surface area (Å²) in [5.41, 5.74) is 1.42. The lowest BCUT2D eigenvalue weighted by molar-refractivity contribution is -0.385. The second-order valence-electron chi connectivity index (χ2n) is 5.71. The van der Waals surface area contributed by atoms with E-state index in [1.165, 1.54) is 17.0 Å². The van der Waals surface area contributed by atoms with Gasteiger partial charge >= 0.3 is 0 Å². The Morgan fingerprint density at radius 1 is 1.08 bits per heavy atom. The highest BCUT2D eigenvalue weighted by molar-refractivity contribution is 6.21. The summed E-state index contributed by atoms with van der Waals surface area (Å²) >= 11 is 0. The van der Waals surface area contributed by atoms with Gasteiger partial charge in [0.05, 0.1) is 22.7 Å². The van der Waals surface area contributed by atoms with Crippen LogP contribution in [0.25, 0.3) is 0 Å². The van der Waals surface area contributed by atoms with Gasteiger partial charge in [-0.3, -0.25) is 24.6 Å². The summed E-state index contributed by atoms with van der Waals surface area (Å²) in [5, 5.41) is 10.8. The van der Waals surface area contributed by atoms with Gasteiger partial charge in [0, 0.05) is 18.2 Å². The number of fused-ring (bicyclic) bond motifs is 1. The molecule has 2 amide bonds. The molecule has 2 aromatic carbocycles. The molecule has 1 aliphatic heterocycles. The van der Waals surface area contributed by atoms with Crippen molar-refractivity contribution in [1.29, 1.82) is 0 Å². The third-order valence-corrected chi connectivity index (χ3v) is 4.04. The topological polar surface area (TPSA) is 89.8 Å². The standard InChI is InChI=1S/C18H16N2O5/c1-12-11-13(7-8-16(12)20(23)24)25-10-4-9-19-17(21)14-5-2-3-6-15(14)18(19)22/h2-3,5-8,11H,4,9-10H2,1H3. The van der Waals surface area contributed by atoms with Crippen molar-refractivity contribution in [1.82, 2.24) is 4.90 Å². The Morgan fingerprint density at radius 2 is 1.72 bits per heavy atom. The van der Waals surface area contributed by atoms with E-state index in [4.69, 9.17) is 4.74 Å². The van der Waals surface area contributed by atoms with Crippen molar-refractivity contribution >= 4 is 17.5 Å². The van der Waals surface area contributed by atoms with Crippen LogP contribution in [0.3, 0.4) is 0 Å². The van der Waals surface area contributed by atoms with E-state index in [1.807, 2.05) is 0 Å². The molecule has 2 aromatic rings. The van der Waals surface area contributed by atoms with Crippen molar-refractivity contribution in [3.63, 3.8) is 0 Å². The fourth-order valence-electron chi connectivity index (χ4n) is 2.78. The zero-order valence-corrected chi connectivity index (χ0v) is 13.6. The molecule has 0 bridgehead atoms. The predicted octanol–water partition coefficient (Wildman–Crippen LogP) is 2.97. The molecule has 3 rings (SSSR count). The number of nitro benzene ring substituents is 1. The number of ether oxygens (including phenoxy) is 1. The van der Waals surface area contributed by atoms with Crippen LogP contribution < -0.4 is 4.74 Å². The molecule has 128 valence electrons. The molecule has 0 aliphatic carbocycles. The van der Waals surface area contributed by atoms with Crippen LogP contribution in [0.5, 0.6) is 5.75 Å².